The second-order valence-corrected chi connectivity index (χ2v) is 6.00. The lowest BCUT2D eigenvalue weighted by Crippen LogP contribution is -2.21. The average Bonchev–Trinajstić information content (AvgIpc) is 2.66. The summed E-state index contributed by atoms with van der Waals surface area (Å²) in [5, 5.41) is 3.19. The van der Waals surface area contributed by atoms with Gasteiger partial charge in [-0.05, 0) is 24.3 Å². The predicted octanol–water partition coefficient (Wildman–Crippen LogP) is 3.81. The molecule has 0 aliphatic heterocycles. The van der Waals surface area contributed by atoms with Crippen molar-refractivity contribution >= 4 is 40.8 Å². The molecule has 0 aliphatic rings. The minimum atomic E-state index is -0.746. The van der Waals surface area contributed by atoms with Crippen molar-refractivity contribution in [3.8, 4) is 17.2 Å². The van der Waals surface area contributed by atoms with Crippen LogP contribution in [0.1, 0.15) is 10.4 Å². The van der Waals surface area contributed by atoms with Crippen LogP contribution in [0.3, 0.4) is 0 Å². The van der Waals surface area contributed by atoms with Gasteiger partial charge in [-0.15, -0.1) is 0 Å². The van der Waals surface area contributed by atoms with Gasteiger partial charge in [0, 0.05) is 11.1 Å². The minimum absolute atomic E-state index is 0.114. The molecule has 7 nitrogen and oxygen atoms in total. The van der Waals surface area contributed by atoms with E-state index >= 15 is 0 Å². The molecule has 1 N–H and O–H groups in total. The van der Waals surface area contributed by atoms with Crippen LogP contribution in [0.2, 0.25) is 10.0 Å². The van der Waals surface area contributed by atoms with Crippen LogP contribution in [0.5, 0.6) is 17.2 Å². The quantitative estimate of drug-likeness (QED) is 0.694. The van der Waals surface area contributed by atoms with Crippen molar-refractivity contribution in [2.75, 3.05) is 33.3 Å². The molecule has 144 valence electrons. The van der Waals surface area contributed by atoms with E-state index in [9.17, 15) is 9.59 Å². The van der Waals surface area contributed by atoms with E-state index in [1.165, 1.54) is 45.6 Å². The van der Waals surface area contributed by atoms with E-state index in [-0.39, 0.29) is 16.3 Å². The fourth-order valence-electron chi connectivity index (χ4n) is 2.19. The fourth-order valence-corrected chi connectivity index (χ4v) is 2.61. The number of hydrogen-bond acceptors (Lipinski definition) is 6. The number of nitrogens with one attached hydrogen (secondary N) is 1. The smallest absolute Gasteiger partial charge is 0.342 e. The van der Waals surface area contributed by atoms with E-state index in [2.05, 4.69) is 5.32 Å². The maximum absolute atomic E-state index is 12.2. The van der Waals surface area contributed by atoms with Gasteiger partial charge in [0.25, 0.3) is 5.91 Å². The number of carbonyl (C=O) groups is 2. The Hall–Kier alpha value is -2.64. The van der Waals surface area contributed by atoms with Gasteiger partial charge >= 0.3 is 5.97 Å². The first-order valence-electron chi connectivity index (χ1n) is 7.61. The van der Waals surface area contributed by atoms with Crippen molar-refractivity contribution in [1.82, 2.24) is 0 Å². The number of benzene rings is 2. The number of ether oxygens (including phenoxy) is 4. The SMILES string of the molecule is COc1cc(OC)c(NC(=O)COC(=O)c2cc(Cl)ccc2OC)cc1Cl. The van der Waals surface area contributed by atoms with E-state index < -0.39 is 18.5 Å². The number of methoxy groups -OCH3 is 3. The van der Waals surface area contributed by atoms with Crippen molar-refractivity contribution in [2.24, 2.45) is 0 Å². The third kappa shape index (κ3) is 5.18. The highest BCUT2D eigenvalue weighted by Gasteiger charge is 2.17. The summed E-state index contributed by atoms with van der Waals surface area (Å²) in [6.45, 7) is -0.526. The van der Waals surface area contributed by atoms with Gasteiger partial charge in [-0.25, -0.2) is 4.79 Å². The van der Waals surface area contributed by atoms with Gasteiger partial charge in [0.2, 0.25) is 0 Å². The Labute approximate surface area is 166 Å². The molecule has 0 saturated heterocycles. The Bertz CT molecular complexity index is 856. The summed E-state index contributed by atoms with van der Waals surface area (Å²) in [5.41, 5.74) is 0.424. The van der Waals surface area contributed by atoms with Gasteiger partial charge in [-0.3, -0.25) is 4.79 Å². The van der Waals surface area contributed by atoms with Gasteiger partial charge in [0.1, 0.15) is 22.8 Å². The summed E-state index contributed by atoms with van der Waals surface area (Å²) in [6.07, 6.45) is 0. The topological polar surface area (TPSA) is 83.1 Å². The first kappa shape index (κ1) is 20.7. The number of esters is 1. The van der Waals surface area contributed by atoms with Crippen LogP contribution in [0, 0.1) is 0 Å². The normalized spacial score (nSPS) is 10.1. The first-order valence-corrected chi connectivity index (χ1v) is 8.37. The summed E-state index contributed by atoms with van der Waals surface area (Å²) in [6, 6.07) is 7.50. The van der Waals surface area contributed by atoms with Gasteiger partial charge in [0.05, 0.1) is 32.0 Å². The molecule has 27 heavy (non-hydrogen) atoms. The molecule has 0 fully saturated rings. The van der Waals surface area contributed by atoms with E-state index in [1.807, 2.05) is 0 Å². The molecule has 2 aromatic carbocycles. The molecule has 0 saturated carbocycles. The van der Waals surface area contributed by atoms with E-state index in [0.29, 0.717) is 22.2 Å². The number of anilines is 1. The molecule has 2 rings (SSSR count). The van der Waals surface area contributed by atoms with Crippen LogP contribution in [-0.2, 0) is 9.53 Å². The Kier molecular flexibility index (Phi) is 7.15. The highest BCUT2D eigenvalue weighted by atomic mass is 35.5. The van der Waals surface area contributed by atoms with Gasteiger partial charge in [-0.2, -0.15) is 0 Å². The summed E-state index contributed by atoms with van der Waals surface area (Å²) in [7, 11) is 4.30. The zero-order valence-corrected chi connectivity index (χ0v) is 16.3. The number of carbonyl (C=O) groups excluding carboxylic acids is 2. The molecule has 0 aromatic heterocycles. The number of halogens is 2. The molecule has 0 heterocycles. The van der Waals surface area contributed by atoms with Gasteiger partial charge in [-0.1, -0.05) is 23.2 Å². The van der Waals surface area contributed by atoms with Crippen LogP contribution in [0.25, 0.3) is 0 Å². The summed E-state index contributed by atoms with van der Waals surface area (Å²) in [4.78, 5) is 24.3. The lowest BCUT2D eigenvalue weighted by Gasteiger charge is -2.13. The zero-order valence-electron chi connectivity index (χ0n) is 14.8. The van der Waals surface area contributed by atoms with Crippen LogP contribution in [0.4, 0.5) is 5.69 Å². The summed E-state index contributed by atoms with van der Waals surface area (Å²) < 4.78 is 20.4. The maximum Gasteiger partial charge on any atom is 0.342 e. The summed E-state index contributed by atoms with van der Waals surface area (Å²) >= 11 is 11.9. The minimum Gasteiger partial charge on any atom is -0.496 e. The van der Waals surface area contributed by atoms with E-state index in [4.69, 9.17) is 42.1 Å². The largest absolute Gasteiger partial charge is 0.496 e. The molecule has 0 atom stereocenters. The maximum atomic E-state index is 12.2. The molecule has 2 aromatic rings. The number of rotatable bonds is 7. The lowest BCUT2D eigenvalue weighted by atomic mass is 10.2. The molecular formula is C18H17Cl2NO6. The highest BCUT2D eigenvalue weighted by molar-refractivity contribution is 6.32. The van der Waals surface area contributed by atoms with Crippen LogP contribution in [0.15, 0.2) is 30.3 Å². The average molecular weight is 414 g/mol. The molecular weight excluding hydrogens is 397 g/mol. The van der Waals surface area contributed by atoms with Crippen LogP contribution < -0.4 is 19.5 Å². The van der Waals surface area contributed by atoms with Crippen molar-refractivity contribution in [2.45, 2.75) is 0 Å². The first-order chi connectivity index (χ1) is 12.9. The van der Waals surface area contributed by atoms with Crippen LogP contribution >= 0.6 is 23.2 Å². The number of hydrogen-bond donors (Lipinski definition) is 1. The fraction of sp³-hybridized carbons (Fsp3) is 0.222. The van der Waals surface area contributed by atoms with Gasteiger partial charge < -0.3 is 24.3 Å². The second kappa shape index (κ2) is 9.34. The van der Waals surface area contributed by atoms with E-state index in [0.717, 1.165) is 0 Å². The van der Waals surface area contributed by atoms with Crippen molar-refractivity contribution in [1.29, 1.82) is 0 Å². The Morgan fingerprint density at radius 2 is 1.59 bits per heavy atom. The van der Waals surface area contributed by atoms with Crippen molar-refractivity contribution in [3.63, 3.8) is 0 Å². The molecule has 1 amide bonds. The zero-order chi connectivity index (χ0) is 20.0. The highest BCUT2D eigenvalue weighted by Crippen LogP contribution is 2.35. The molecule has 0 aliphatic carbocycles. The molecule has 9 heteroatoms. The monoisotopic (exact) mass is 413 g/mol. The predicted molar refractivity (Wildman–Crippen MR) is 101 cm³/mol. The Morgan fingerprint density at radius 3 is 2.22 bits per heavy atom. The third-order valence-electron chi connectivity index (χ3n) is 3.46. The molecule has 0 spiro atoms. The third-order valence-corrected chi connectivity index (χ3v) is 3.99. The van der Waals surface area contributed by atoms with Crippen molar-refractivity contribution in [3.05, 3.63) is 45.9 Å². The Morgan fingerprint density at radius 1 is 0.926 bits per heavy atom. The molecule has 0 bridgehead atoms. The Balaban J connectivity index is 2.06. The summed E-state index contributed by atoms with van der Waals surface area (Å²) in [5.74, 6) is -0.306. The lowest BCUT2D eigenvalue weighted by molar-refractivity contribution is -0.119. The molecule has 0 radical (unpaired) electrons. The molecule has 0 unspecified atom stereocenters. The van der Waals surface area contributed by atoms with Gasteiger partial charge in [0.15, 0.2) is 6.61 Å². The standard InChI is InChI=1S/C18H17Cl2NO6/c1-24-14-5-4-10(19)6-11(14)18(23)27-9-17(22)21-13-7-12(20)15(25-2)8-16(13)26-3/h4-8H,9H2,1-3H3,(H,21,22). The number of amides is 1. The van der Waals surface area contributed by atoms with Crippen molar-refractivity contribution < 1.29 is 28.5 Å². The van der Waals surface area contributed by atoms with Crippen LogP contribution in [-0.4, -0.2) is 39.8 Å². The van der Waals surface area contributed by atoms with E-state index in [1.54, 1.807) is 6.07 Å². The second-order valence-electron chi connectivity index (χ2n) is 5.16.